The van der Waals surface area contributed by atoms with Crippen LogP contribution in [0.2, 0.25) is 0 Å². The molecule has 0 saturated carbocycles. The molecular weight excluding hydrogens is 130 g/mol. The smallest absolute Gasteiger partial charge is 0.320 e. The highest BCUT2D eigenvalue weighted by molar-refractivity contribution is 5.73. The van der Waals surface area contributed by atoms with Gasteiger partial charge in [0.25, 0.3) is 0 Å². The van der Waals surface area contributed by atoms with Gasteiger partial charge in [-0.2, -0.15) is 0 Å². The Morgan fingerprint density at radius 1 is 1.60 bits per heavy atom. The topological polar surface area (TPSA) is 49.3 Å². The van der Waals surface area contributed by atoms with Gasteiger partial charge in [-0.1, -0.05) is 13.8 Å². The second-order valence-electron chi connectivity index (χ2n) is 1.99. The molecule has 60 valence electrons. The molecule has 1 atom stereocenters. The Balaban J connectivity index is 0.000000371. The van der Waals surface area contributed by atoms with Gasteiger partial charge in [-0.05, 0) is 19.4 Å². The molecule has 1 unspecified atom stereocenters. The van der Waals surface area contributed by atoms with Gasteiger partial charge in [-0.15, -0.1) is 0 Å². The summed E-state index contributed by atoms with van der Waals surface area (Å²) in [6.45, 7) is 4.86. The summed E-state index contributed by atoms with van der Waals surface area (Å²) >= 11 is 0. The second kappa shape index (κ2) is 5.23. The molecule has 0 aromatic heterocycles. The number of hydrogen-bond donors (Lipinski definition) is 2. The monoisotopic (exact) mass is 145 g/mol. The highest BCUT2D eigenvalue weighted by Gasteiger charge is 2.20. The fourth-order valence-electron chi connectivity index (χ4n) is 0.895. The van der Waals surface area contributed by atoms with Crippen molar-refractivity contribution in [1.82, 2.24) is 5.32 Å². The van der Waals surface area contributed by atoms with Gasteiger partial charge in [0, 0.05) is 0 Å². The molecule has 2 N–H and O–H groups in total. The van der Waals surface area contributed by atoms with Gasteiger partial charge in [0.15, 0.2) is 0 Å². The average Bonchev–Trinajstić information content (AvgIpc) is 2.42. The first-order chi connectivity index (χ1) is 4.80. The maximum absolute atomic E-state index is 10.1. The molecule has 0 radical (unpaired) electrons. The van der Waals surface area contributed by atoms with Crippen molar-refractivity contribution < 1.29 is 9.90 Å². The predicted octanol–water partition coefficient (Wildman–Crippen LogP) is 0.849. The lowest BCUT2D eigenvalue weighted by Crippen LogP contribution is -2.29. The first kappa shape index (κ1) is 9.43. The molecule has 1 aliphatic rings. The zero-order valence-corrected chi connectivity index (χ0v) is 6.55. The lowest BCUT2D eigenvalue weighted by molar-refractivity contribution is -0.139. The number of nitrogens with one attached hydrogen (secondary N) is 1. The summed E-state index contributed by atoms with van der Waals surface area (Å²) in [5, 5.41) is 11.2. The van der Waals surface area contributed by atoms with Crippen molar-refractivity contribution in [1.29, 1.82) is 0 Å². The minimum atomic E-state index is -0.720. The van der Waals surface area contributed by atoms with Crippen molar-refractivity contribution >= 4 is 5.97 Å². The van der Waals surface area contributed by atoms with E-state index in [2.05, 4.69) is 5.32 Å². The van der Waals surface area contributed by atoms with E-state index in [1.165, 1.54) is 0 Å². The Morgan fingerprint density at radius 2 is 2.20 bits per heavy atom. The third kappa shape index (κ3) is 2.82. The van der Waals surface area contributed by atoms with Crippen molar-refractivity contribution in [3.05, 3.63) is 0 Å². The highest BCUT2D eigenvalue weighted by atomic mass is 16.4. The zero-order valence-electron chi connectivity index (χ0n) is 6.55. The van der Waals surface area contributed by atoms with Gasteiger partial charge in [-0.3, -0.25) is 4.79 Å². The zero-order chi connectivity index (χ0) is 7.98. The molecule has 0 aliphatic carbocycles. The summed E-state index contributed by atoms with van der Waals surface area (Å²) in [5.74, 6) is -0.720. The summed E-state index contributed by atoms with van der Waals surface area (Å²) < 4.78 is 0. The third-order valence-corrected chi connectivity index (χ3v) is 1.36. The normalized spacial score (nSPS) is 23.2. The van der Waals surface area contributed by atoms with Crippen LogP contribution in [-0.2, 0) is 4.79 Å². The lowest BCUT2D eigenvalue weighted by Gasteiger charge is -1.99. The van der Waals surface area contributed by atoms with Gasteiger partial charge in [0.1, 0.15) is 6.04 Å². The van der Waals surface area contributed by atoms with Gasteiger partial charge in [0.2, 0.25) is 0 Å². The largest absolute Gasteiger partial charge is 0.480 e. The third-order valence-electron chi connectivity index (χ3n) is 1.36. The van der Waals surface area contributed by atoms with Crippen LogP contribution in [-0.4, -0.2) is 23.7 Å². The van der Waals surface area contributed by atoms with Crippen LogP contribution in [0, 0.1) is 0 Å². The standard InChI is InChI=1S/C5H9NO2.C2H6/c7-5(8)4-2-1-3-6-4;1-2/h4,6H,1-3H2,(H,7,8);1-2H3. The van der Waals surface area contributed by atoms with Crippen molar-refractivity contribution in [2.24, 2.45) is 0 Å². The summed E-state index contributed by atoms with van der Waals surface area (Å²) in [7, 11) is 0. The van der Waals surface area contributed by atoms with Crippen molar-refractivity contribution in [2.75, 3.05) is 6.54 Å². The van der Waals surface area contributed by atoms with Crippen molar-refractivity contribution in [3.8, 4) is 0 Å². The quantitative estimate of drug-likeness (QED) is 0.575. The van der Waals surface area contributed by atoms with E-state index >= 15 is 0 Å². The lowest BCUT2D eigenvalue weighted by atomic mass is 10.2. The molecule has 0 spiro atoms. The first-order valence-corrected chi connectivity index (χ1v) is 3.77. The molecular formula is C7H15NO2. The maximum atomic E-state index is 10.1. The summed E-state index contributed by atoms with van der Waals surface area (Å²) in [6.07, 6.45) is 1.78. The molecule has 0 aromatic rings. The molecule has 3 heteroatoms. The van der Waals surface area contributed by atoms with Gasteiger partial charge < -0.3 is 10.4 Å². The minimum Gasteiger partial charge on any atom is -0.480 e. The number of carbonyl (C=O) groups is 1. The van der Waals surface area contributed by atoms with Crippen LogP contribution in [0.1, 0.15) is 26.7 Å². The van der Waals surface area contributed by atoms with E-state index in [0.29, 0.717) is 0 Å². The maximum Gasteiger partial charge on any atom is 0.320 e. The minimum absolute atomic E-state index is 0.269. The Morgan fingerprint density at radius 3 is 2.40 bits per heavy atom. The van der Waals surface area contributed by atoms with E-state index in [0.717, 1.165) is 19.4 Å². The second-order valence-corrected chi connectivity index (χ2v) is 1.99. The molecule has 1 fully saturated rings. The van der Waals surface area contributed by atoms with Gasteiger partial charge in [-0.25, -0.2) is 0 Å². The Bertz CT molecular complexity index is 97.8. The predicted molar refractivity (Wildman–Crippen MR) is 40.0 cm³/mol. The fraction of sp³-hybridized carbons (Fsp3) is 0.857. The number of aliphatic carboxylic acids is 1. The van der Waals surface area contributed by atoms with E-state index in [1.54, 1.807) is 0 Å². The molecule has 1 rings (SSSR count). The van der Waals surface area contributed by atoms with Crippen molar-refractivity contribution in [3.63, 3.8) is 0 Å². The average molecular weight is 145 g/mol. The summed E-state index contributed by atoms with van der Waals surface area (Å²) in [5.41, 5.74) is 0. The number of carboxylic acid groups (broad SMARTS) is 1. The summed E-state index contributed by atoms with van der Waals surface area (Å²) in [6, 6.07) is -0.269. The van der Waals surface area contributed by atoms with Gasteiger partial charge in [0.05, 0.1) is 0 Å². The Hall–Kier alpha value is -0.570. The number of carboxylic acids is 1. The SMILES string of the molecule is CC.O=C(O)C1CCCN1. The molecule has 0 aromatic carbocycles. The van der Waals surface area contributed by atoms with E-state index in [1.807, 2.05) is 13.8 Å². The van der Waals surface area contributed by atoms with Crippen LogP contribution >= 0.6 is 0 Å². The highest BCUT2D eigenvalue weighted by Crippen LogP contribution is 2.03. The van der Waals surface area contributed by atoms with E-state index in [9.17, 15) is 4.79 Å². The molecule has 0 amide bonds. The molecule has 1 saturated heterocycles. The van der Waals surface area contributed by atoms with Crippen LogP contribution in [0.25, 0.3) is 0 Å². The van der Waals surface area contributed by atoms with Crippen LogP contribution < -0.4 is 5.32 Å². The molecule has 3 nitrogen and oxygen atoms in total. The molecule has 1 heterocycles. The fourth-order valence-corrected chi connectivity index (χ4v) is 0.895. The molecule has 0 bridgehead atoms. The first-order valence-electron chi connectivity index (χ1n) is 3.77. The molecule has 10 heavy (non-hydrogen) atoms. The number of rotatable bonds is 1. The van der Waals surface area contributed by atoms with Crippen LogP contribution in [0.15, 0.2) is 0 Å². The van der Waals surface area contributed by atoms with Crippen molar-refractivity contribution in [2.45, 2.75) is 32.7 Å². The van der Waals surface area contributed by atoms with E-state index in [4.69, 9.17) is 5.11 Å². The van der Waals surface area contributed by atoms with Gasteiger partial charge >= 0.3 is 5.97 Å². The Kier molecular flexibility index (Phi) is 4.94. The van der Waals surface area contributed by atoms with E-state index < -0.39 is 5.97 Å². The van der Waals surface area contributed by atoms with E-state index in [-0.39, 0.29) is 6.04 Å². The van der Waals surface area contributed by atoms with Crippen LogP contribution in [0.4, 0.5) is 0 Å². The van der Waals surface area contributed by atoms with Crippen LogP contribution in [0.3, 0.4) is 0 Å². The summed E-state index contributed by atoms with van der Waals surface area (Å²) in [4.78, 5) is 10.1. The Labute approximate surface area is 61.4 Å². The number of hydrogen-bond acceptors (Lipinski definition) is 2. The molecule has 1 aliphatic heterocycles. The van der Waals surface area contributed by atoms with Crippen LogP contribution in [0.5, 0.6) is 0 Å².